The van der Waals surface area contributed by atoms with Gasteiger partial charge in [-0.1, -0.05) is 116 Å². The van der Waals surface area contributed by atoms with Crippen LogP contribution in [-0.4, -0.2) is 93.9 Å². The smallest absolute Gasteiger partial charge is 0.462 e. The highest BCUT2D eigenvalue weighted by Crippen LogP contribution is 2.43. The molecule has 5 N–H and O–H groups in total. The second-order valence-corrected chi connectivity index (χ2v) is 16.4. The largest absolute Gasteiger partial charge is 0.472 e. The molecule has 0 heterocycles. The van der Waals surface area contributed by atoms with Gasteiger partial charge in [0.25, 0.3) is 0 Å². The molecule has 0 aromatic carbocycles. The van der Waals surface area contributed by atoms with Gasteiger partial charge in [0.05, 0.1) is 32.0 Å². The van der Waals surface area contributed by atoms with E-state index in [4.69, 9.17) is 19.1 Å². The first kappa shape index (κ1) is 49.3. The number of hydrogen-bond donors (Lipinski definition) is 5. The van der Waals surface area contributed by atoms with Crippen molar-refractivity contribution in [2.75, 3.05) is 26.4 Å². The van der Waals surface area contributed by atoms with E-state index in [0.717, 1.165) is 57.3 Å². The number of unbranched alkanes of at least 4 members (excludes halogenated alkanes) is 11. The highest BCUT2D eigenvalue weighted by molar-refractivity contribution is 7.47. The number of carbonyl (C=O) groups excluding carboxylic acids is 3. The fourth-order valence-electron chi connectivity index (χ4n) is 6.31. The molecule has 0 bridgehead atoms. The van der Waals surface area contributed by atoms with Crippen molar-refractivity contribution in [2.24, 2.45) is 17.8 Å². The second kappa shape index (κ2) is 29.6. The molecule has 0 radical (unpaired) electrons. The Balaban J connectivity index is 2.50. The number of aliphatic hydroxyl groups excluding tert-OH is 4. The minimum Gasteiger partial charge on any atom is -0.462 e. The van der Waals surface area contributed by atoms with Gasteiger partial charge in [0.2, 0.25) is 0 Å². The average Bonchev–Trinajstić information content (AvgIpc) is 3.38. The lowest BCUT2D eigenvalue weighted by Gasteiger charge is -2.20. The van der Waals surface area contributed by atoms with Crippen LogP contribution in [0.5, 0.6) is 0 Å². The molecular weight excluding hydrogens is 707 g/mol. The van der Waals surface area contributed by atoms with E-state index in [1.165, 1.54) is 25.7 Å². The molecule has 0 aromatic heterocycles. The molecule has 1 fully saturated rings. The quantitative estimate of drug-likeness (QED) is 0.0209. The van der Waals surface area contributed by atoms with Crippen LogP contribution >= 0.6 is 7.82 Å². The van der Waals surface area contributed by atoms with Crippen LogP contribution in [0.15, 0.2) is 12.2 Å². The standard InChI is InChI=1S/C39H71O13P/c1-4-5-13-19-31(41)23-24-35-34(36(43)25-37(35)44)20-15-11-12-17-22-39(46)52-33(29-51-53(47,48)50-27-32(42)26-40)28-49-38(45)21-16-10-8-6-7-9-14-18-30(2)3/h23-24,30-35,37,40-42,44H,4-22,25-29H2,1-3H3,(H,47,48)/b24-23+/t31-,32-,33+,34+,35+,37+/m0/s1. The van der Waals surface area contributed by atoms with Gasteiger partial charge in [0.1, 0.15) is 18.5 Å². The van der Waals surface area contributed by atoms with Crippen molar-refractivity contribution < 1.29 is 62.8 Å². The van der Waals surface area contributed by atoms with Crippen LogP contribution in [0, 0.1) is 17.8 Å². The lowest BCUT2D eigenvalue weighted by Crippen LogP contribution is -2.29. The summed E-state index contributed by atoms with van der Waals surface area (Å²) in [7, 11) is -4.68. The van der Waals surface area contributed by atoms with E-state index in [2.05, 4.69) is 25.3 Å². The Bertz CT molecular complexity index is 1070. The Morgan fingerprint density at radius 3 is 2.06 bits per heavy atom. The van der Waals surface area contributed by atoms with E-state index in [9.17, 15) is 39.2 Å². The molecule has 0 saturated heterocycles. The number of ether oxygens (including phenoxy) is 2. The summed E-state index contributed by atoms with van der Waals surface area (Å²) in [6, 6.07) is 0. The van der Waals surface area contributed by atoms with Crippen molar-refractivity contribution in [3.63, 3.8) is 0 Å². The number of phosphoric ester groups is 1. The van der Waals surface area contributed by atoms with Gasteiger partial charge in [-0.15, -0.1) is 0 Å². The van der Waals surface area contributed by atoms with Crippen molar-refractivity contribution in [2.45, 2.75) is 174 Å². The summed E-state index contributed by atoms with van der Waals surface area (Å²) in [6.45, 7) is 4.22. The Morgan fingerprint density at radius 2 is 1.42 bits per heavy atom. The Labute approximate surface area is 317 Å². The zero-order valence-electron chi connectivity index (χ0n) is 32.6. The van der Waals surface area contributed by atoms with E-state index < -0.39 is 64.0 Å². The molecular formula is C39H71O13P. The van der Waals surface area contributed by atoms with E-state index in [-0.39, 0.29) is 43.5 Å². The lowest BCUT2D eigenvalue weighted by molar-refractivity contribution is -0.161. The molecule has 1 aliphatic rings. The summed E-state index contributed by atoms with van der Waals surface area (Å²) in [4.78, 5) is 47.6. The molecule has 0 amide bonds. The second-order valence-electron chi connectivity index (χ2n) is 14.9. The van der Waals surface area contributed by atoms with Gasteiger partial charge >= 0.3 is 19.8 Å². The fourth-order valence-corrected chi connectivity index (χ4v) is 7.10. The first-order chi connectivity index (χ1) is 25.3. The number of ketones is 1. The number of phosphoric acid groups is 1. The predicted molar refractivity (Wildman–Crippen MR) is 202 cm³/mol. The van der Waals surface area contributed by atoms with Crippen LogP contribution in [0.25, 0.3) is 0 Å². The van der Waals surface area contributed by atoms with Crippen LogP contribution in [0.2, 0.25) is 0 Å². The molecule has 1 rings (SSSR count). The molecule has 13 nitrogen and oxygen atoms in total. The molecule has 0 spiro atoms. The zero-order chi connectivity index (χ0) is 39.5. The highest BCUT2D eigenvalue weighted by Gasteiger charge is 2.39. The minimum absolute atomic E-state index is 0.0236. The zero-order valence-corrected chi connectivity index (χ0v) is 33.5. The monoisotopic (exact) mass is 778 g/mol. The van der Waals surface area contributed by atoms with E-state index in [1.807, 2.05) is 0 Å². The van der Waals surface area contributed by atoms with Crippen LogP contribution in [-0.2, 0) is 37.5 Å². The molecule has 1 unspecified atom stereocenters. The van der Waals surface area contributed by atoms with Gasteiger partial charge in [-0.25, -0.2) is 4.57 Å². The SMILES string of the molecule is CCCCC[C@H](O)/C=C/[C@H]1[C@H](O)CC(=O)[C@@H]1CCCCCCC(=O)O[C@H](COC(=O)CCCCCCCCCC(C)C)COP(=O)(O)OC[C@@H](O)CO. The number of esters is 2. The normalized spacial score (nSPS) is 20.5. The Kier molecular flexibility index (Phi) is 27.5. The van der Waals surface area contributed by atoms with Gasteiger partial charge in [-0.3, -0.25) is 23.4 Å². The maximum absolute atomic E-state index is 12.7. The highest BCUT2D eigenvalue weighted by atomic mass is 31.2. The van der Waals surface area contributed by atoms with Crippen molar-refractivity contribution in [3.8, 4) is 0 Å². The molecule has 1 saturated carbocycles. The molecule has 1 aliphatic carbocycles. The van der Waals surface area contributed by atoms with Crippen LogP contribution in [0.4, 0.5) is 0 Å². The summed E-state index contributed by atoms with van der Waals surface area (Å²) < 4.78 is 32.6. The first-order valence-electron chi connectivity index (χ1n) is 20.1. The maximum Gasteiger partial charge on any atom is 0.472 e. The van der Waals surface area contributed by atoms with Gasteiger partial charge in [0.15, 0.2) is 6.10 Å². The van der Waals surface area contributed by atoms with Gasteiger partial charge in [-0.2, -0.15) is 0 Å². The van der Waals surface area contributed by atoms with E-state index >= 15 is 0 Å². The molecule has 7 atom stereocenters. The van der Waals surface area contributed by atoms with Gasteiger partial charge < -0.3 is 34.8 Å². The number of rotatable bonds is 33. The van der Waals surface area contributed by atoms with E-state index in [1.54, 1.807) is 12.2 Å². The number of carbonyl (C=O) groups is 3. The summed E-state index contributed by atoms with van der Waals surface area (Å²) in [5.41, 5.74) is 0. The average molecular weight is 779 g/mol. The first-order valence-corrected chi connectivity index (χ1v) is 21.6. The number of aliphatic hydroxyl groups is 4. The predicted octanol–water partition coefficient (Wildman–Crippen LogP) is 6.50. The van der Waals surface area contributed by atoms with Crippen molar-refractivity contribution >= 4 is 25.5 Å². The van der Waals surface area contributed by atoms with E-state index in [0.29, 0.717) is 32.1 Å². The van der Waals surface area contributed by atoms with Crippen molar-refractivity contribution in [1.82, 2.24) is 0 Å². The molecule has 310 valence electrons. The van der Waals surface area contributed by atoms with Crippen LogP contribution < -0.4 is 0 Å². The summed E-state index contributed by atoms with van der Waals surface area (Å²) in [5.74, 6) is -0.964. The Hall–Kier alpha value is -1.70. The number of Topliss-reactive ketones (excluding diaryl/α,β-unsaturated/α-hetero) is 1. The molecule has 0 aromatic rings. The fraction of sp³-hybridized carbons (Fsp3) is 0.872. The Morgan fingerprint density at radius 1 is 0.830 bits per heavy atom. The van der Waals surface area contributed by atoms with Gasteiger partial charge in [-0.05, 0) is 31.6 Å². The van der Waals surface area contributed by atoms with Gasteiger partial charge in [0, 0.05) is 31.1 Å². The summed E-state index contributed by atoms with van der Waals surface area (Å²) >= 11 is 0. The third-order valence-electron chi connectivity index (χ3n) is 9.49. The van der Waals surface area contributed by atoms with Crippen molar-refractivity contribution in [1.29, 1.82) is 0 Å². The topological polar surface area (TPSA) is 206 Å². The summed E-state index contributed by atoms with van der Waals surface area (Å²) in [5, 5.41) is 39.0. The maximum atomic E-state index is 12.7. The van der Waals surface area contributed by atoms with Crippen LogP contribution in [0.3, 0.4) is 0 Å². The molecule has 14 heteroatoms. The van der Waals surface area contributed by atoms with Crippen molar-refractivity contribution in [3.05, 3.63) is 12.2 Å². The summed E-state index contributed by atoms with van der Waals surface area (Å²) in [6.07, 6.45) is 15.4. The molecule has 0 aliphatic heterocycles. The molecule has 53 heavy (non-hydrogen) atoms. The number of hydrogen-bond acceptors (Lipinski definition) is 12. The third-order valence-corrected chi connectivity index (χ3v) is 10.4. The van der Waals surface area contributed by atoms with Crippen LogP contribution in [0.1, 0.15) is 149 Å². The minimum atomic E-state index is -4.68. The lowest BCUT2D eigenvalue weighted by atomic mass is 9.88. The third kappa shape index (κ3) is 25.2.